The molecule has 0 aromatic heterocycles. The van der Waals surface area contributed by atoms with Crippen molar-refractivity contribution in [1.82, 2.24) is 4.90 Å². The van der Waals surface area contributed by atoms with Gasteiger partial charge in [-0.2, -0.15) is 0 Å². The number of hydrogen-bond donors (Lipinski definition) is 1. The van der Waals surface area contributed by atoms with Gasteiger partial charge in [0.25, 0.3) is 0 Å². The first kappa shape index (κ1) is 21.9. The van der Waals surface area contributed by atoms with E-state index in [-0.39, 0.29) is 23.7 Å². The second-order valence-corrected chi connectivity index (χ2v) is 7.43. The van der Waals surface area contributed by atoms with Gasteiger partial charge in [-0.3, -0.25) is 9.59 Å². The van der Waals surface area contributed by atoms with Crippen molar-refractivity contribution in [2.24, 2.45) is 11.8 Å². The third-order valence-corrected chi connectivity index (χ3v) is 5.32. The molecule has 0 heterocycles. The molecule has 1 aliphatic carbocycles. The van der Waals surface area contributed by atoms with Gasteiger partial charge in [0.1, 0.15) is 0 Å². The summed E-state index contributed by atoms with van der Waals surface area (Å²) in [5.74, 6) is -0.200. The molecule has 154 valence electrons. The first-order valence-electron chi connectivity index (χ1n) is 10.3. The van der Waals surface area contributed by atoms with Crippen molar-refractivity contribution < 1.29 is 19.1 Å². The normalized spacial score (nSPS) is 19.0. The smallest absolute Gasteiger partial charge is 0.337 e. The minimum Gasteiger partial charge on any atom is -0.465 e. The van der Waals surface area contributed by atoms with E-state index in [1.165, 1.54) is 7.11 Å². The van der Waals surface area contributed by atoms with E-state index in [2.05, 4.69) is 23.9 Å². The van der Waals surface area contributed by atoms with E-state index in [0.29, 0.717) is 11.3 Å². The van der Waals surface area contributed by atoms with Crippen LogP contribution in [-0.4, -0.2) is 42.9 Å². The van der Waals surface area contributed by atoms with Crippen LogP contribution in [0.15, 0.2) is 24.3 Å². The fourth-order valence-corrected chi connectivity index (χ4v) is 3.78. The number of esters is 1. The van der Waals surface area contributed by atoms with Crippen molar-refractivity contribution in [3.8, 4) is 0 Å². The van der Waals surface area contributed by atoms with Gasteiger partial charge in [-0.15, -0.1) is 0 Å². The van der Waals surface area contributed by atoms with Crippen LogP contribution in [0.5, 0.6) is 0 Å². The molecule has 28 heavy (non-hydrogen) atoms. The topological polar surface area (TPSA) is 75.7 Å². The van der Waals surface area contributed by atoms with Crippen molar-refractivity contribution in [2.75, 3.05) is 25.5 Å². The Morgan fingerprint density at radius 1 is 0.964 bits per heavy atom. The molecule has 2 rings (SSSR count). The Balaban J connectivity index is 1.86. The molecule has 0 spiro atoms. The molecule has 2 amide bonds. The minimum absolute atomic E-state index is 0.0179. The van der Waals surface area contributed by atoms with Crippen LogP contribution in [-0.2, 0) is 14.3 Å². The predicted octanol–water partition coefficient (Wildman–Crippen LogP) is 3.87. The summed E-state index contributed by atoms with van der Waals surface area (Å²) in [6.45, 7) is 5.81. The maximum Gasteiger partial charge on any atom is 0.337 e. The summed E-state index contributed by atoms with van der Waals surface area (Å²) < 4.78 is 4.67. The molecule has 6 nitrogen and oxygen atoms in total. The van der Waals surface area contributed by atoms with Gasteiger partial charge in [0.15, 0.2) is 0 Å². The summed E-state index contributed by atoms with van der Waals surface area (Å²) in [6, 6.07) is 6.67. The lowest BCUT2D eigenvalue weighted by Crippen LogP contribution is -2.39. The Morgan fingerprint density at radius 3 is 2.00 bits per heavy atom. The largest absolute Gasteiger partial charge is 0.465 e. The maximum atomic E-state index is 12.7. The number of rotatable bonds is 8. The van der Waals surface area contributed by atoms with E-state index in [1.807, 2.05) is 4.90 Å². The summed E-state index contributed by atoms with van der Waals surface area (Å²) in [5, 5.41) is 2.92. The number of methoxy groups -OCH3 is 1. The Labute approximate surface area is 167 Å². The molecule has 0 aliphatic heterocycles. The fraction of sp³-hybridized carbons (Fsp3) is 0.591. The number of anilines is 1. The van der Waals surface area contributed by atoms with Gasteiger partial charge >= 0.3 is 5.97 Å². The second kappa shape index (κ2) is 10.8. The van der Waals surface area contributed by atoms with E-state index in [1.54, 1.807) is 24.3 Å². The van der Waals surface area contributed by atoms with Crippen LogP contribution in [0.1, 0.15) is 62.7 Å². The molecule has 1 saturated carbocycles. The van der Waals surface area contributed by atoms with Crippen LogP contribution in [0.3, 0.4) is 0 Å². The third-order valence-electron chi connectivity index (χ3n) is 5.32. The van der Waals surface area contributed by atoms with Crippen molar-refractivity contribution in [1.29, 1.82) is 0 Å². The predicted molar refractivity (Wildman–Crippen MR) is 109 cm³/mol. The number of amides is 2. The number of carbonyl (C=O) groups is 3. The minimum atomic E-state index is -0.402. The molecule has 0 bridgehead atoms. The number of benzene rings is 1. The van der Waals surface area contributed by atoms with Crippen LogP contribution < -0.4 is 5.32 Å². The Morgan fingerprint density at radius 2 is 1.50 bits per heavy atom. The van der Waals surface area contributed by atoms with Crippen LogP contribution in [0.4, 0.5) is 5.69 Å². The molecule has 1 aromatic carbocycles. The van der Waals surface area contributed by atoms with E-state index >= 15 is 0 Å². The molecule has 0 unspecified atom stereocenters. The van der Waals surface area contributed by atoms with E-state index in [4.69, 9.17) is 0 Å². The Bertz CT molecular complexity index is 658. The number of nitrogens with one attached hydrogen (secondary N) is 1. The number of carbonyl (C=O) groups excluding carboxylic acids is 3. The average Bonchev–Trinajstić information content (AvgIpc) is 2.73. The van der Waals surface area contributed by atoms with Crippen LogP contribution in [0, 0.1) is 11.8 Å². The molecule has 6 heteroatoms. The van der Waals surface area contributed by atoms with Gasteiger partial charge < -0.3 is 15.0 Å². The standard InChI is InChI=1S/C22H32N2O4/c1-4-14-24(15-5-2)21(26)17-8-6-16(7-9-17)20(25)23-19-12-10-18(11-13-19)22(27)28-3/h10-13,16-17H,4-9,14-15H2,1-3H3,(H,23,25). The third kappa shape index (κ3) is 5.81. The Kier molecular flexibility index (Phi) is 8.48. The molecule has 1 fully saturated rings. The van der Waals surface area contributed by atoms with Crippen molar-refractivity contribution in [3.05, 3.63) is 29.8 Å². The maximum absolute atomic E-state index is 12.7. The van der Waals surface area contributed by atoms with E-state index in [9.17, 15) is 14.4 Å². The summed E-state index contributed by atoms with van der Waals surface area (Å²) in [7, 11) is 1.34. The highest BCUT2D eigenvalue weighted by atomic mass is 16.5. The SMILES string of the molecule is CCCN(CCC)C(=O)C1CCC(C(=O)Nc2ccc(C(=O)OC)cc2)CC1. The highest BCUT2D eigenvalue weighted by Crippen LogP contribution is 2.31. The lowest BCUT2D eigenvalue weighted by Gasteiger charge is -2.31. The molecule has 1 N–H and O–H groups in total. The molecular weight excluding hydrogens is 356 g/mol. The first-order chi connectivity index (χ1) is 13.5. The quantitative estimate of drug-likeness (QED) is 0.686. The summed E-state index contributed by atoms with van der Waals surface area (Å²) >= 11 is 0. The highest BCUT2D eigenvalue weighted by Gasteiger charge is 2.31. The van der Waals surface area contributed by atoms with Gasteiger partial charge in [-0.25, -0.2) is 4.79 Å². The van der Waals surface area contributed by atoms with E-state index < -0.39 is 5.97 Å². The van der Waals surface area contributed by atoms with Gasteiger partial charge in [0.05, 0.1) is 12.7 Å². The molecule has 0 saturated heterocycles. The second-order valence-electron chi connectivity index (χ2n) is 7.43. The summed E-state index contributed by atoms with van der Waals surface area (Å²) in [4.78, 5) is 38.8. The number of hydrogen-bond acceptors (Lipinski definition) is 4. The lowest BCUT2D eigenvalue weighted by molar-refractivity contribution is -0.138. The summed E-state index contributed by atoms with van der Waals surface area (Å²) in [5.41, 5.74) is 1.11. The molecule has 0 atom stereocenters. The summed E-state index contributed by atoms with van der Waals surface area (Å²) in [6.07, 6.45) is 4.93. The highest BCUT2D eigenvalue weighted by molar-refractivity contribution is 5.94. The monoisotopic (exact) mass is 388 g/mol. The zero-order chi connectivity index (χ0) is 20.5. The zero-order valence-corrected chi connectivity index (χ0v) is 17.2. The fourth-order valence-electron chi connectivity index (χ4n) is 3.78. The van der Waals surface area contributed by atoms with Gasteiger partial charge in [0, 0.05) is 30.6 Å². The van der Waals surface area contributed by atoms with Crippen molar-refractivity contribution >= 4 is 23.5 Å². The Hall–Kier alpha value is -2.37. The molecular formula is C22H32N2O4. The first-order valence-corrected chi connectivity index (χ1v) is 10.3. The average molecular weight is 389 g/mol. The molecule has 1 aliphatic rings. The van der Waals surface area contributed by atoms with Gasteiger partial charge in [0.2, 0.25) is 11.8 Å². The van der Waals surface area contributed by atoms with Gasteiger partial charge in [-0.1, -0.05) is 13.8 Å². The lowest BCUT2D eigenvalue weighted by atomic mass is 9.80. The van der Waals surface area contributed by atoms with E-state index in [0.717, 1.165) is 51.6 Å². The van der Waals surface area contributed by atoms with Crippen molar-refractivity contribution in [3.63, 3.8) is 0 Å². The molecule has 1 aromatic rings. The van der Waals surface area contributed by atoms with Crippen molar-refractivity contribution in [2.45, 2.75) is 52.4 Å². The molecule has 0 radical (unpaired) electrons. The zero-order valence-electron chi connectivity index (χ0n) is 17.2. The van der Waals surface area contributed by atoms with Gasteiger partial charge in [-0.05, 0) is 62.8 Å². The van der Waals surface area contributed by atoms with Crippen LogP contribution in [0.2, 0.25) is 0 Å². The number of ether oxygens (including phenoxy) is 1. The van der Waals surface area contributed by atoms with Crippen LogP contribution >= 0.6 is 0 Å². The number of nitrogens with zero attached hydrogens (tertiary/aromatic N) is 1. The van der Waals surface area contributed by atoms with Crippen LogP contribution in [0.25, 0.3) is 0 Å².